The first kappa shape index (κ1) is 18.6. The summed E-state index contributed by atoms with van der Waals surface area (Å²) in [5.74, 6) is 1.57. The molecule has 1 atom stereocenters. The Labute approximate surface area is 175 Å². The zero-order valence-corrected chi connectivity index (χ0v) is 17.3. The van der Waals surface area contributed by atoms with Crippen LogP contribution in [0.3, 0.4) is 0 Å². The number of carbonyl (C=O) groups is 1. The van der Waals surface area contributed by atoms with Crippen LogP contribution in [0.15, 0.2) is 59.8 Å². The maximum absolute atomic E-state index is 13.2. The van der Waals surface area contributed by atoms with E-state index in [2.05, 4.69) is 19.2 Å². The number of allylic oxidation sites excluding steroid dienone is 2. The highest BCUT2D eigenvalue weighted by Gasteiger charge is 2.41. The number of aryl methyl sites for hydroxylation is 1. The number of nitrogens with zero attached hydrogens (tertiary/aromatic N) is 3. The van der Waals surface area contributed by atoms with Crippen molar-refractivity contribution in [1.82, 2.24) is 14.8 Å². The van der Waals surface area contributed by atoms with Gasteiger partial charge in [-0.25, -0.2) is 4.68 Å². The molecule has 0 radical (unpaired) electrons. The summed E-state index contributed by atoms with van der Waals surface area (Å²) in [7, 11) is 0. The number of fused-ring (bicyclic) bond motifs is 1. The van der Waals surface area contributed by atoms with E-state index in [4.69, 9.17) is 10.1 Å². The Bertz CT molecular complexity index is 1170. The van der Waals surface area contributed by atoms with Crippen LogP contribution in [0.2, 0.25) is 0 Å². The summed E-state index contributed by atoms with van der Waals surface area (Å²) >= 11 is 0. The van der Waals surface area contributed by atoms with E-state index < -0.39 is 0 Å². The number of phenols is 1. The number of aromatic hydroxyl groups is 1. The van der Waals surface area contributed by atoms with Gasteiger partial charge < -0.3 is 10.4 Å². The molecule has 0 unspecified atom stereocenters. The second-order valence-electron chi connectivity index (χ2n) is 9.02. The van der Waals surface area contributed by atoms with Gasteiger partial charge in [0.05, 0.1) is 0 Å². The lowest BCUT2D eigenvalue weighted by molar-refractivity contribution is -0.118. The second kappa shape index (κ2) is 6.55. The monoisotopic (exact) mass is 400 g/mol. The molecule has 6 nitrogen and oxygen atoms in total. The van der Waals surface area contributed by atoms with Crippen molar-refractivity contribution in [1.29, 1.82) is 0 Å². The van der Waals surface area contributed by atoms with Crippen molar-refractivity contribution in [3.05, 3.63) is 70.9 Å². The van der Waals surface area contributed by atoms with Crippen LogP contribution in [0, 0.1) is 12.3 Å². The molecule has 1 aliphatic heterocycles. The Balaban J connectivity index is 1.67. The van der Waals surface area contributed by atoms with Crippen LogP contribution in [0.25, 0.3) is 11.4 Å². The zero-order chi connectivity index (χ0) is 21.0. The van der Waals surface area contributed by atoms with Gasteiger partial charge in [-0.1, -0.05) is 55.8 Å². The topological polar surface area (TPSA) is 80.0 Å². The average molecular weight is 400 g/mol. The van der Waals surface area contributed by atoms with Gasteiger partial charge in [-0.2, -0.15) is 4.98 Å². The van der Waals surface area contributed by atoms with E-state index in [1.54, 1.807) is 16.8 Å². The highest BCUT2D eigenvalue weighted by Crippen LogP contribution is 2.45. The van der Waals surface area contributed by atoms with Crippen LogP contribution in [0.1, 0.15) is 43.9 Å². The van der Waals surface area contributed by atoms with Gasteiger partial charge in [0.15, 0.2) is 11.6 Å². The summed E-state index contributed by atoms with van der Waals surface area (Å²) < 4.78 is 1.80. The molecule has 30 heavy (non-hydrogen) atoms. The molecule has 2 aliphatic rings. The molecule has 1 aromatic heterocycles. The molecule has 152 valence electrons. The number of benzene rings is 2. The van der Waals surface area contributed by atoms with Crippen LogP contribution in [0.5, 0.6) is 5.75 Å². The van der Waals surface area contributed by atoms with Crippen molar-refractivity contribution in [2.75, 3.05) is 5.32 Å². The molecule has 0 spiro atoms. The number of rotatable bonds is 2. The van der Waals surface area contributed by atoms with Crippen molar-refractivity contribution in [2.24, 2.45) is 5.41 Å². The number of aromatic nitrogens is 3. The first-order valence-corrected chi connectivity index (χ1v) is 10.2. The molecule has 0 fully saturated rings. The van der Waals surface area contributed by atoms with E-state index in [1.165, 1.54) is 5.56 Å². The molecule has 0 saturated carbocycles. The molecular formula is C24H24N4O2. The Kier molecular flexibility index (Phi) is 4.07. The summed E-state index contributed by atoms with van der Waals surface area (Å²) in [6.45, 7) is 6.27. The quantitative estimate of drug-likeness (QED) is 0.656. The molecule has 0 saturated heterocycles. The normalized spacial score (nSPS) is 19.8. The zero-order valence-electron chi connectivity index (χ0n) is 17.3. The number of hydrogen-bond acceptors (Lipinski definition) is 5. The van der Waals surface area contributed by atoms with Gasteiger partial charge in [-0.3, -0.25) is 4.79 Å². The average Bonchev–Trinajstić information content (AvgIpc) is 3.10. The van der Waals surface area contributed by atoms with Crippen LogP contribution < -0.4 is 5.32 Å². The highest BCUT2D eigenvalue weighted by molar-refractivity contribution is 6.00. The van der Waals surface area contributed by atoms with Crippen LogP contribution >= 0.6 is 0 Å². The smallest absolute Gasteiger partial charge is 0.226 e. The minimum Gasteiger partial charge on any atom is -0.508 e. The highest BCUT2D eigenvalue weighted by atomic mass is 16.3. The number of Topliss-reactive ketones (excluding diaryl/α,β-unsaturated/α-hetero) is 1. The lowest BCUT2D eigenvalue weighted by Gasteiger charge is -2.38. The van der Waals surface area contributed by atoms with Gasteiger partial charge in [0.25, 0.3) is 0 Å². The minimum atomic E-state index is -0.368. The van der Waals surface area contributed by atoms with Crippen LogP contribution in [-0.4, -0.2) is 25.7 Å². The van der Waals surface area contributed by atoms with E-state index in [1.807, 2.05) is 43.3 Å². The largest absolute Gasteiger partial charge is 0.508 e. The predicted molar refractivity (Wildman–Crippen MR) is 115 cm³/mol. The SMILES string of the molecule is Cc1ccc(-c2nc3n(n2)[C@H](c2ccc(O)cc2)C2=C(CC(C)(C)CC2=O)N3)cc1. The van der Waals surface area contributed by atoms with Crippen LogP contribution in [-0.2, 0) is 4.79 Å². The summed E-state index contributed by atoms with van der Waals surface area (Å²) in [6.07, 6.45) is 1.27. The third-order valence-corrected chi connectivity index (χ3v) is 5.85. The van der Waals surface area contributed by atoms with Gasteiger partial charge in [0.1, 0.15) is 11.8 Å². The molecule has 6 heteroatoms. The fourth-order valence-electron chi connectivity index (χ4n) is 4.40. The summed E-state index contributed by atoms with van der Waals surface area (Å²) in [4.78, 5) is 18.0. The number of hydrogen-bond donors (Lipinski definition) is 2. The molecule has 2 aromatic carbocycles. The molecule has 2 heterocycles. The third kappa shape index (κ3) is 3.09. The van der Waals surface area contributed by atoms with E-state index in [0.717, 1.165) is 28.8 Å². The molecule has 0 amide bonds. The number of phenolic OH excluding ortho intramolecular Hbond substituents is 1. The van der Waals surface area contributed by atoms with Gasteiger partial charge in [0.2, 0.25) is 5.95 Å². The number of carbonyl (C=O) groups excluding carboxylic acids is 1. The van der Waals surface area contributed by atoms with E-state index in [9.17, 15) is 9.90 Å². The molecule has 0 bridgehead atoms. The van der Waals surface area contributed by atoms with Crippen LogP contribution in [0.4, 0.5) is 5.95 Å². The van der Waals surface area contributed by atoms with Gasteiger partial charge in [0, 0.05) is 23.3 Å². The number of anilines is 1. The third-order valence-electron chi connectivity index (χ3n) is 5.85. The molecule has 3 aromatic rings. The molecule has 2 N–H and O–H groups in total. The fourth-order valence-corrected chi connectivity index (χ4v) is 4.40. The fraction of sp³-hybridized carbons (Fsp3) is 0.292. The standard InChI is InChI=1S/C24H24N4O2/c1-14-4-6-16(7-5-14)22-26-23-25-18-12-24(2,3)13-19(30)20(18)21(28(23)27-22)15-8-10-17(29)11-9-15/h4-11,21,29H,12-13H2,1-3H3,(H,25,26,27)/t21-/m1/s1. The molecule has 5 rings (SSSR count). The minimum absolute atomic E-state index is 0.107. The van der Waals surface area contributed by atoms with Crippen molar-refractivity contribution in [2.45, 2.75) is 39.7 Å². The lowest BCUT2D eigenvalue weighted by Crippen LogP contribution is -2.36. The Morgan fingerprint density at radius 3 is 2.47 bits per heavy atom. The molecule has 1 aliphatic carbocycles. The van der Waals surface area contributed by atoms with Crippen molar-refractivity contribution in [3.63, 3.8) is 0 Å². The van der Waals surface area contributed by atoms with Crippen molar-refractivity contribution in [3.8, 4) is 17.1 Å². The van der Waals surface area contributed by atoms with E-state index in [0.29, 0.717) is 18.2 Å². The van der Waals surface area contributed by atoms with E-state index >= 15 is 0 Å². The second-order valence-corrected chi connectivity index (χ2v) is 9.02. The first-order chi connectivity index (χ1) is 14.3. The van der Waals surface area contributed by atoms with E-state index in [-0.39, 0.29) is 23.0 Å². The number of ketones is 1. The Morgan fingerprint density at radius 1 is 1.07 bits per heavy atom. The van der Waals surface area contributed by atoms with Crippen molar-refractivity contribution >= 4 is 11.7 Å². The molecular weight excluding hydrogens is 376 g/mol. The summed E-state index contributed by atoms with van der Waals surface area (Å²) in [5, 5.41) is 17.9. The summed E-state index contributed by atoms with van der Waals surface area (Å²) in [5.41, 5.74) is 4.56. The summed E-state index contributed by atoms with van der Waals surface area (Å²) in [6, 6.07) is 14.7. The van der Waals surface area contributed by atoms with Gasteiger partial charge in [-0.05, 0) is 36.5 Å². The van der Waals surface area contributed by atoms with Crippen molar-refractivity contribution < 1.29 is 9.90 Å². The number of nitrogens with one attached hydrogen (secondary N) is 1. The Morgan fingerprint density at radius 2 is 1.77 bits per heavy atom. The lowest BCUT2D eigenvalue weighted by atomic mass is 9.73. The maximum atomic E-state index is 13.2. The Hall–Kier alpha value is -3.41. The van der Waals surface area contributed by atoms with Gasteiger partial charge in [-0.15, -0.1) is 5.10 Å². The maximum Gasteiger partial charge on any atom is 0.226 e. The predicted octanol–water partition coefficient (Wildman–Crippen LogP) is 4.62. The van der Waals surface area contributed by atoms with Gasteiger partial charge >= 0.3 is 0 Å². The first-order valence-electron chi connectivity index (χ1n) is 10.2.